The molecule has 0 saturated carbocycles. The van der Waals surface area contributed by atoms with E-state index in [1.165, 1.54) is 29.9 Å². The summed E-state index contributed by atoms with van der Waals surface area (Å²) in [5.74, 6) is 1.97. The maximum absolute atomic E-state index is 5.19. The Bertz CT molecular complexity index is 677. The predicted molar refractivity (Wildman–Crippen MR) is 88.0 cm³/mol. The zero-order valence-corrected chi connectivity index (χ0v) is 13.7. The lowest BCUT2D eigenvalue weighted by atomic mass is 9.96. The van der Waals surface area contributed by atoms with E-state index in [9.17, 15) is 0 Å². The molecule has 0 bridgehead atoms. The molecule has 124 valence electrons. The third kappa shape index (κ3) is 2.79. The molecule has 0 spiro atoms. The van der Waals surface area contributed by atoms with Gasteiger partial charge in [-0.25, -0.2) is 4.98 Å². The highest BCUT2D eigenvalue weighted by atomic mass is 16.5. The standard InChI is InChI=1S/C16H24N6O/c1-23-11-10-20-6-8-21(9-7-20)15-13-4-2-3-5-14(13)19-16-17-12-18-22(15)16/h12H,2-11H2,1H3. The zero-order valence-electron chi connectivity index (χ0n) is 13.7. The van der Waals surface area contributed by atoms with Gasteiger partial charge >= 0.3 is 0 Å². The SMILES string of the molecule is COCCN1CCN(c2c3c(nc4ncnn24)CCCC3)CC1. The fourth-order valence-corrected chi connectivity index (χ4v) is 3.69. The van der Waals surface area contributed by atoms with Crippen LogP contribution in [-0.2, 0) is 17.6 Å². The van der Waals surface area contributed by atoms with Gasteiger partial charge in [-0.15, -0.1) is 0 Å². The summed E-state index contributed by atoms with van der Waals surface area (Å²) in [4.78, 5) is 14.0. The summed E-state index contributed by atoms with van der Waals surface area (Å²) in [7, 11) is 1.76. The van der Waals surface area contributed by atoms with Crippen LogP contribution in [-0.4, -0.2) is 70.9 Å². The van der Waals surface area contributed by atoms with Crippen molar-refractivity contribution in [3.63, 3.8) is 0 Å². The number of nitrogens with zero attached hydrogens (tertiary/aromatic N) is 6. The minimum absolute atomic E-state index is 0.738. The summed E-state index contributed by atoms with van der Waals surface area (Å²) < 4.78 is 7.13. The van der Waals surface area contributed by atoms with Gasteiger partial charge in [0.1, 0.15) is 12.1 Å². The molecular weight excluding hydrogens is 292 g/mol. The Morgan fingerprint density at radius 3 is 2.78 bits per heavy atom. The Balaban J connectivity index is 1.62. The van der Waals surface area contributed by atoms with Gasteiger partial charge in [-0.1, -0.05) is 0 Å². The smallest absolute Gasteiger partial charge is 0.254 e. The van der Waals surface area contributed by atoms with Crippen LogP contribution in [0.2, 0.25) is 0 Å². The number of hydrogen-bond donors (Lipinski definition) is 0. The second-order valence-corrected chi connectivity index (χ2v) is 6.36. The van der Waals surface area contributed by atoms with Crippen molar-refractivity contribution in [1.82, 2.24) is 24.5 Å². The van der Waals surface area contributed by atoms with E-state index in [-0.39, 0.29) is 0 Å². The second-order valence-electron chi connectivity index (χ2n) is 6.36. The van der Waals surface area contributed by atoms with E-state index in [1.54, 1.807) is 13.4 Å². The van der Waals surface area contributed by atoms with Gasteiger partial charge in [0.05, 0.1) is 12.3 Å². The quantitative estimate of drug-likeness (QED) is 0.830. The largest absolute Gasteiger partial charge is 0.383 e. The lowest BCUT2D eigenvalue weighted by molar-refractivity contribution is 0.144. The molecule has 23 heavy (non-hydrogen) atoms. The molecule has 1 aliphatic heterocycles. The van der Waals surface area contributed by atoms with Crippen LogP contribution in [0.1, 0.15) is 24.1 Å². The molecule has 0 amide bonds. The molecule has 2 aromatic rings. The number of piperazine rings is 1. The van der Waals surface area contributed by atoms with Crippen molar-refractivity contribution in [1.29, 1.82) is 0 Å². The van der Waals surface area contributed by atoms with Crippen LogP contribution in [0.25, 0.3) is 5.78 Å². The van der Waals surface area contributed by atoms with Gasteiger partial charge in [-0.05, 0) is 25.7 Å². The predicted octanol–water partition coefficient (Wildman–Crippen LogP) is 0.771. The molecule has 0 N–H and O–H groups in total. The van der Waals surface area contributed by atoms with Gasteiger partial charge in [0, 0.05) is 45.4 Å². The Morgan fingerprint density at radius 2 is 1.96 bits per heavy atom. The van der Waals surface area contributed by atoms with Crippen molar-refractivity contribution in [3.05, 3.63) is 17.6 Å². The van der Waals surface area contributed by atoms with E-state index < -0.39 is 0 Å². The molecular formula is C16H24N6O. The summed E-state index contributed by atoms with van der Waals surface area (Å²) in [6.07, 6.45) is 6.27. The number of hydrogen-bond acceptors (Lipinski definition) is 6. The van der Waals surface area contributed by atoms with E-state index in [0.717, 1.165) is 57.9 Å². The molecule has 3 heterocycles. The highest BCUT2D eigenvalue weighted by Crippen LogP contribution is 2.30. The molecule has 0 atom stereocenters. The van der Waals surface area contributed by atoms with E-state index in [2.05, 4.69) is 19.9 Å². The number of fused-ring (bicyclic) bond motifs is 2. The van der Waals surface area contributed by atoms with Crippen molar-refractivity contribution in [3.8, 4) is 0 Å². The molecule has 2 aromatic heterocycles. The third-order valence-electron chi connectivity index (χ3n) is 4.96. The Labute approximate surface area is 136 Å². The summed E-state index contributed by atoms with van der Waals surface area (Å²) >= 11 is 0. The van der Waals surface area contributed by atoms with Crippen LogP contribution < -0.4 is 4.90 Å². The topological polar surface area (TPSA) is 58.8 Å². The average Bonchev–Trinajstić information content (AvgIpc) is 3.06. The van der Waals surface area contributed by atoms with Crippen LogP contribution in [0.5, 0.6) is 0 Å². The first kappa shape index (κ1) is 14.8. The van der Waals surface area contributed by atoms with Gasteiger partial charge in [-0.3, -0.25) is 4.90 Å². The van der Waals surface area contributed by atoms with Crippen molar-refractivity contribution in [2.45, 2.75) is 25.7 Å². The van der Waals surface area contributed by atoms with Crippen molar-refractivity contribution in [2.75, 3.05) is 51.3 Å². The number of methoxy groups -OCH3 is 1. The number of aryl methyl sites for hydroxylation is 1. The molecule has 4 rings (SSSR count). The summed E-state index contributed by atoms with van der Waals surface area (Å²) in [5, 5.41) is 4.44. The highest BCUT2D eigenvalue weighted by molar-refractivity contribution is 5.55. The van der Waals surface area contributed by atoms with Crippen molar-refractivity contribution >= 4 is 11.6 Å². The minimum atomic E-state index is 0.738. The maximum Gasteiger partial charge on any atom is 0.254 e. The summed E-state index contributed by atoms with van der Waals surface area (Å²) in [6, 6.07) is 0. The van der Waals surface area contributed by atoms with E-state index >= 15 is 0 Å². The molecule has 2 aliphatic rings. The zero-order chi connectivity index (χ0) is 15.6. The van der Waals surface area contributed by atoms with E-state index in [1.807, 2.05) is 4.52 Å². The highest BCUT2D eigenvalue weighted by Gasteiger charge is 2.26. The number of aromatic nitrogens is 4. The van der Waals surface area contributed by atoms with Gasteiger partial charge in [0.25, 0.3) is 5.78 Å². The van der Waals surface area contributed by atoms with Gasteiger partial charge in [0.2, 0.25) is 0 Å². The average molecular weight is 316 g/mol. The molecule has 7 heteroatoms. The number of rotatable bonds is 4. The number of ether oxygens (including phenoxy) is 1. The molecule has 1 fully saturated rings. The summed E-state index contributed by atoms with van der Waals surface area (Å²) in [5.41, 5.74) is 2.62. The third-order valence-corrected chi connectivity index (χ3v) is 4.96. The van der Waals surface area contributed by atoms with Gasteiger partial charge in [0.15, 0.2) is 0 Å². The fraction of sp³-hybridized carbons (Fsp3) is 0.688. The normalized spacial score (nSPS) is 19.3. The fourth-order valence-electron chi connectivity index (χ4n) is 3.69. The molecule has 0 unspecified atom stereocenters. The molecule has 1 saturated heterocycles. The van der Waals surface area contributed by atoms with Crippen LogP contribution in [0, 0.1) is 0 Å². The van der Waals surface area contributed by atoms with E-state index in [4.69, 9.17) is 9.72 Å². The first-order valence-electron chi connectivity index (χ1n) is 8.54. The first-order chi connectivity index (χ1) is 11.4. The maximum atomic E-state index is 5.19. The van der Waals surface area contributed by atoms with Gasteiger partial charge < -0.3 is 9.64 Å². The van der Waals surface area contributed by atoms with Crippen LogP contribution in [0.15, 0.2) is 6.33 Å². The van der Waals surface area contributed by atoms with E-state index in [0.29, 0.717) is 0 Å². The molecule has 0 aromatic carbocycles. The Morgan fingerprint density at radius 1 is 1.13 bits per heavy atom. The lowest BCUT2D eigenvalue weighted by Gasteiger charge is -2.37. The monoisotopic (exact) mass is 316 g/mol. The van der Waals surface area contributed by atoms with Crippen molar-refractivity contribution < 1.29 is 4.74 Å². The van der Waals surface area contributed by atoms with Crippen LogP contribution >= 0.6 is 0 Å². The van der Waals surface area contributed by atoms with Gasteiger partial charge in [-0.2, -0.15) is 14.6 Å². The van der Waals surface area contributed by atoms with Crippen molar-refractivity contribution in [2.24, 2.45) is 0 Å². The first-order valence-corrected chi connectivity index (χ1v) is 8.54. The molecule has 7 nitrogen and oxygen atoms in total. The Kier molecular flexibility index (Phi) is 4.13. The van der Waals surface area contributed by atoms with Crippen LogP contribution in [0.3, 0.4) is 0 Å². The van der Waals surface area contributed by atoms with Crippen LogP contribution in [0.4, 0.5) is 5.82 Å². The summed E-state index contributed by atoms with van der Waals surface area (Å²) in [6.45, 7) is 5.99. The number of anilines is 1. The minimum Gasteiger partial charge on any atom is -0.383 e. The second kappa shape index (κ2) is 6.41. The lowest BCUT2D eigenvalue weighted by Crippen LogP contribution is -2.48. The molecule has 0 radical (unpaired) electrons. The molecule has 1 aliphatic carbocycles. The Hall–Kier alpha value is -1.73.